The second-order valence-corrected chi connectivity index (χ2v) is 12.0. The minimum absolute atomic E-state index is 0.000924. The van der Waals surface area contributed by atoms with Crippen LogP contribution in [-0.2, 0) is 26.1 Å². The molecule has 1 fully saturated rings. The molecular weight excluding hydrogens is 498 g/mol. The number of β-amino-alcohol motifs (C(OH)–C–C–N with tert-alkyl or cyclic N) is 1. The lowest BCUT2D eigenvalue weighted by Crippen LogP contribution is -2.47. The van der Waals surface area contributed by atoms with Gasteiger partial charge in [-0.05, 0) is 52.3 Å². The summed E-state index contributed by atoms with van der Waals surface area (Å²) in [5.74, 6) is -0.458. The molecule has 0 radical (unpaired) electrons. The number of benzene rings is 1. The second-order valence-electron chi connectivity index (χ2n) is 10.2. The SMILES string of the molecule is Cc1ccc(S(=O)(=O)n2cc(C)c3nc(CNC(=O)[C@H]4C[C@@H](O)CN4C(=O)OC(C)(C)C)cnc32)cc1. The van der Waals surface area contributed by atoms with Gasteiger partial charge in [-0.1, -0.05) is 17.7 Å². The first kappa shape index (κ1) is 26.6. The number of aromatic nitrogens is 3. The van der Waals surface area contributed by atoms with Crippen molar-refractivity contribution in [3.8, 4) is 0 Å². The van der Waals surface area contributed by atoms with Crippen LogP contribution in [0.2, 0.25) is 0 Å². The molecule has 1 aromatic carbocycles. The van der Waals surface area contributed by atoms with Crippen LogP contribution in [0.3, 0.4) is 0 Å². The third-order valence-electron chi connectivity index (χ3n) is 5.93. The van der Waals surface area contributed by atoms with E-state index >= 15 is 0 Å². The molecule has 1 saturated heterocycles. The number of nitrogens with one attached hydrogen (secondary N) is 1. The molecular formula is C25H31N5O6S. The number of aliphatic hydroxyl groups is 1. The summed E-state index contributed by atoms with van der Waals surface area (Å²) in [5, 5.41) is 12.8. The van der Waals surface area contributed by atoms with Gasteiger partial charge in [0.15, 0.2) is 5.65 Å². The Morgan fingerprint density at radius 3 is 2.51 bits per heavy atom. The summed E-state index contributed by atoms with van der Waals surface area (Å²) in [6, 6.07) is 5.66. The summed E-state index contributed by atoms with van der Waals surface area (Å²) in [4.78, 5) is 35.6. The number of amides is 2. The normalized spacial score (nSPS) is 18.3. The highest BCUT2D eigenvalue weighted by Gasteiger charge is 2.40. The van der Waals surface area contributed by atoms with Crippen molar-refractivity contribution in [2.24, 2.45) is 0 Å². The first-order valence-corrected chi connectivity index (χ1v) is 13.3. The Kier molecular flexibility index (Phi) is 6.99. The summed E-state index contributed by atoms with van der Waals surface area (Å²) in [7, 11) is -3.87. The molecule has 198 valence electrons. The first-order chi connectivity index (χ1) is 17.3. The summed E-state index contributed by atoms with van der Waals surface area (Å²) >= 11 is 0. The van der Waals surface area contributed by atoms with Crippen LogP contribution in [0.25, 0.3) is 11.2 Å². The number of carbonyl (C=O) groups is 2. The van der Waals surface area contributed by atoms with E-state index in [0.29, 0.717) is 16.8 Å². The van der Waals surface area contributed by atoms with Crippen molar-refractivity contribution in [3.63, 3.8) is 0 Å². The quantitative estimate of drug-likeness (QED) is 0.512. The van der Waals surface area contributed by atoms with E-state index in [9.17, 15) is 23.1 Å². The van der Waals surface area contributed by atoms with E-state index in [-0.39, 0.29) is 30.1 Å². The maximum absolute atomic E-state index is 13.2. The zero-order chi connectivity index (χ0) is 27.1. The Balaban J connectivity index is 1.51. The van der Waals surface area contributed by atoms with Gasteiger partial charge < -0.3 is 15.2 Å². The van der Waals surface area contributed by atoms with Gasteiger partial charge in [-0.2, -0.15) is 0 Å². The van der Waals surface area contributed by atoms with Crippen molar-refractivity contribution in [2.75, 3.05) is 6.54 Å². The fourth-order valence-corrected chi connectivity index (χ4v) is 5.48. The molecule has 0 bridgehead atoms. The number of rotatable bonds is 5. The Morgan fingerprint density at radius 1 is 1.19 bits per heavy atom. The average Bonchev–Trinajstić information content (AvgIpc) is 3.37. The van der Waals surface area contributed by atoms with Crippen LogP contribution in [0.15, 0.2) is 41.6 Å². The molecule has 2 amide bonds. The van der Waals surface area contributed by atoms with E-state index in [1.807, 2.05) is 6.92 Å². The Bertz CT molecular complexity index is 1440. The highest BCUT2D eigenvalue weighted by Crippen LogP contribution is 2.24. The summed E-state index contributed by atoms with van der Waals surface area (Å²) in [6.07, 6.45) is 1.46. The lowest BCUT2D eigenvalue weighted by molar-refractivity contribution is -0.125. The number of aryl methyl sites for hydroxylation is 2. The van der Waals surface area contributed by atoms with Gasteiger partial charge in [0.05, 0.1) is 36.0 Å². The summed E-state index contributed by atoms with van der Waals surface area (Å²) in [5.41, 5.74) is 1.81. The van der Waals surface area contributed by atoms with Gasteiger partial charge in [-0.3, -0.25) is 9.69 Å². The van der Waals surface area contributed by atoms with Crippen LogP contribution in [0.1, 0.15) is 44.0 Å². The molecule has 3 heterocycles. The molecule has 2 N–H and O–H groups in total. The number of likely N-dealkylation sites (tertiary alicyclic amines) is 1. The van der Waals surface area contributed by atoms with Crippen LogP contribution in [0.5, 0.6) is 0 Å². The fourth-order valence-electron chi connectivity index (χ4n) is 4.12. The highest BCUT2D eigenvalue weighted by atomic mass is 32.2. The van der Waals surface area contributed by atoms with Gasteiger partial charge in [-0.15, -0.1) is 0 Å². The minimum Gasteiger partial charge on any atom is -0.444 e. The van der Waals surface area contributed by atoms with E-state index in [4.69, 9.17) is 4.74 Å². The number of ether oxygens (including phenoxy) is 1. The van der Waals surface area contributed by atoms with Gasteiger partial charge >= 0.3 is 6.09 Å². The lowest BCUT2D eigenvalue weighted by atomic mass is 10.2. The van der Waals surface area contributed by atoms with E-state index in [2.05, 4.69) is 15.3 Å². The van der Waals surface area contributed by atoms with E-state index in [1.165, 1.54) is 17.3 Å². The number of hydrogen-bond donors (Lipinski definition) is 2. The number of carbonyl (C=O) groups excluding carboxylic acids is 2. The van der Waals surface area contributed by atoms with Crippen LogP contribution >= 0.6 is 0 Å². The van der Waals surface area contributed by atoms with Crippen molar-refractivity contribution in [2.45, 2.75) is 70.2 Å². The van der Waals surface area contributed by atoms with Crippen molar-refractivity contribution in [3.05, 3.63) is 53.5 Å². The maximum atomic E-state index is 13.2. The van der Waals surface area contributed by atoms with E-state index < -0.39 is 39.8 Å². The number of hydrogen-bond acceptors (Lipinski definition) is 8. The number of fused-ring (bicyclic) bond motifs is 1. The highest BCUT2D eigenvalue weighted by molar-refractivity contribution is 7.90. The predicted octanol–water partition coefficient (Wildman–Crippen LogP) is 2.27. The van der Waals surface area contributed by atoms with Crippen molar-refractivity contribution in [1.29, 1.82) is 0 Å². The molecule has 2 aromatic heterocycles. The van der Waals surface area contributed by atoms with Gasteiger partial charge in [-0.25, -0.2) is 27.2 Å². The standard InChI is InChI=1S/C25H31N5O6S/c1-15-6-8-19(9-7-15)37(34,35)30-13-16(2)21-22(30)26-11-17(28-21)12-27-23(32)20-10-18(31)14-29(20)24(33)36-25(3,4)5/h6-9,11,13,18,20,31H,10,12,14H2,1-5H3,(H,27,32)/t18-,20-/m1/s1. The molecule has 2 atom stereocenters. The third-order valence-corrected chi connectivity index (χ3v) is 7.59. The van der Waals surface area contributed by atoms with Crippen LogP contribution < -0.4 is 5.32 Å². The zero-order valence-corrected chi connectivity index (χ0v) is 22.2. The van der Waals surface area contributed by atoms with Gasteiger partial charge in [0.25, 0.3) is 10.0 Å². The predicted molar refractivity (Wildman–Crippen MR) is 135 cm³/mol. The average molecular weight is 530 g/mol. The van der Waals surface area contributed by atoms with Crippen LogP contribution in [0, 0.1) is 13.8 Å². The van der Waals surface area contributed by atoms with Gasteiger partial charge in [0, 0.05) is 12.6 Å². The van der Waals surface area contributed by atoms with Crippen LogP contribution in [-0.4, -0.2) is 68.7 Å². The molecule has 3 aromatic rings. The van der Waals surface area contributed by atoms with Gasteiger partial charge in [0.2, 0.25) is 5.91 Å². The molecule has 37 heavy (non-hydrogen) atoms. The number of nitrogens with zero attached hydrogens (tertiary/aromatic N) is 4. The van der Waals surface area contributed by atoms with Crippen molar-refractivity contribution < 1.29 is 27.9 Å². The van der Waals surface area contributed by atoms with E-state index in [0.717, 1.165) is 9.54 Å². The monoisotopic (exact) mass is 529 g/mol. The Hall–Kier alpha value is -3.51. The van der Waals surface area contributed by atoms with Crippen molar-refractivity contribution >= 4 is 33.2 Å². The molecule has 12 heteroatoms. The molecule has 0 saturated carbocycles. The molecule has 0 aliphatic carbocycles. The summed E-state index contributed by atoms with van der Waals surface area (Å²) < 4.78 is 32.9. The Labute approximate surface area is 215 Å². The largest absolute Gasteiger partial charge is 0.444 e. The lowest BCUT2D eigenvalue weighted by Gasteiger charge is -2.27. The summed E-state index contributed by atoms with van der Waals surface area (Å²) in [6.45, 7) is 8.79. The number of aliphatic hydroxyl groups excluding tert-OH is 1. The molecule has 1 aliphatic heterocycles. The molecule has 4 rings (SSSR count). The van der Waals surface area contributed by atoms with Gasteiger partial charge in [0.1, 0.15) is 17.2 Å². The molecule has 1 aliphatic rings. The molecule has 0 unspecified atom stereocenters. The van der Waals surface area contributed by atoms with Crippen molar-refractivity contribution in [1.82, 2.24) is 24.2 Å². The van der Waals surface area contributed by atoms with E-state index in [1.54, 1.807) is 52.0 Å². The maximum Gasteiger partial charge on any atom is 0.411 e. The fraction of sp³-hybridized carbons (Fsp3) is 0.440. The molecule has 11 nitrogen and oxygen atoms in total. The zero-order valence-electron chi connectivity index (χ0n) is 21.4. The third kappa shape index (κ3) is 5.59. The minimum atomic E-state index is -3.87. The first-order valence-electron chi connectivity index (χ1n) is 11.9. The molecule has 0 spiro atoms. The second kappa shape index (κ2) is 9.75. The Morgan fingerprint density at radius 2 is 1.86 bits per heavy atom. The smallest absolute Gasteiger partial charge is 0.411 e. The topological polar surface area (TPSA) is 144 Å². The van der Waals surface area contributed by atoms with Crippen LogP contribution in [0.4, 0.5) is 4.79 Å².